The van der Waals surface area contributed by atoms with Crippen molar-refractivity contribution in [2.75, 3.05) is 11.4 Å². The van der Waals surface area contributed by atoms with E-state index in [2.05, 4.69) is 38.7 Å². The second-order valence-electron chi connectivity index (χ2n) is 5.79. The van der Waals surface area contributed by atoms with E-state index in [9.17, 15) is 4.79 Å². The number of aromatic nitrogens is 4. The van der Waals surface area contributed by atoms with Crippen molar-refractivity contribution in [1.82, 2.24) is 19.9 Å². The van der Waals surface area contributed by atoms with E-state index < -0.39 is 0 Å². The third-order valence-electron chi connectivity index (χ3n) is 3.66. The Labute approximate surface area is 123 Å². The number of hydrogen-bond acceptors (Lipinski definition) is 5. The van der Waals surface area contributed by atoms with Crippen LogP contribution in [0.4, 0.5) is 5.82 Å². The molecule has 0 fully saturated rings. The molecule has 0 spiro atoms. The molecule has 0 saturated heterocycles. The number of rotatable bonds is 3. The Morgan fingerprint density at radius 1 is 1.33 bits per heavy atom. The van der Waals surface area contributed by atoms with Crippen molar-refractivity contribution in [2.45, 2.75) is 33.2 Å². The summed E-state index contributed by atoms with van der Waals surface area (Å²) in [5.74, 6) is 1.48. The van der Waals surface area contributed by atoms with E-state index in [0.29, 0.717) is 18.9 Å². The molecule has 1 N–H and O–H groups in total. The molecule has 2 aromatic rings. The summed E-state index contributed by atoms with van der Waals surface area (Å²) in [5, 5.41) is 0. The quantitative estimate of drug-likeness (QED) is 0.920. The molecule has 6 heteroatoms. The van der Waals surface area contributed by atoms with Gasteiger partial charge in [-0.3, -0.25) is 4.79 Å². The van der Waals surface area contributed by atoms with Gasteiger partial charge in [0.15, 0.2) is 0 Å². The van der Waals surface area contributed by atoms with Gasteiger partial charge < -0.3 is 9.88 Å². The van der Waals surface area contributed by atoms with Crippen LogP contribution in [0.25, 0.3) is 0 Å². The van der Waals surface area contributed by atoms with Crippen LogP contribution in [0.2, 0.25) is 0 Å². The summed E-state index contributed by atoms with van der Waals surface area (Å²) >= 11 is 0. The van der Waals surface area contributed by atoms with Crippen LogP contribution in [0.1, 0.15) is 30.8 Å². The van der Waals surface area contributed by atoms with Crippen LogP contribution in [0.3, 0.4) is 0 Å². The van der Waals surface area contributed by atoms with E-state index in [-0.39, 0.29) is 5.56 Å². The molecule has 3 heterocycles. The monoisotopic (exact) mass is 285 g/mol. The molecule has 0 atom stereocenters. The third kappa shape index (κ3) is 2.94. The predicted octanol–water partition coefficient (Wildman–Crippen LogP) is 1.32. The Balaban J connectivity index is 1.84. The van der Waals surface area contributed by atoms with E-state index in [1.54, 1.807) is 6.33 Å². The maximum Gasteiger partial charge on any atom is 0.254 e. The molecule has 0 aliphatic carbocycles. The largest absolute Gasteiger partial charge is 0.350 e. The first-order valence-electron chi connectivity index (χ1n) is 7.25. The van der Waals surface area contributed by atoms with Crippen molar-refractivity contribution in [2.24, 2.45) is 5.92 Å². The zero-order valence-electron chi connectivity index (χ0n) is 12.3. The van der Waals surface area contributed by atoms with Gasteiger partial charge in [0.2, 0.25) is 0 Å². The highest BCUT2D eigenvalue weighted by Gasteiger charge is 2.21. The first kappa shape index (κ1) is 13.7. The Kier molecular flexibility index (Phi) is 3.68. The molecular weight excluding hydrogens is 266 g/mol. The molecule has 0 bridgehead atoms. The van der Waals surface area contributed by atoms with Gasteiger partial charge in [-0.25, -0.2) is 15.0 Å². The Bertz CT molecular complexity index is 694. The van der Waals surface area contributed by atoms with Crippen molar-refractivity contribution in [1.29, 1.82) is 0 Å². The topological polar surface area (TPSA) is 74.8 Å². The number of aromatic amines is 1. The lowest BCUT2D eigenvalue weighted by molar-refractivity contribution is 0.631. The average Bonchev–Trinajstić information content (AvgIpc) is 2.47. The number of anilines is 1. The van der Waals surface area contributed by atoms with Crippen LogP contribution >= 0.6 is 0 Å². The molecule has 1 aliphatic rings. The second kappa shape index (κ2) is 5.63. The van der Waals surface area contributed by atoms with E-state index in [0.717, 1.165) is 35.7 Å². The smallest absolute Gasteiger partial charge is 0.254 e. The maximum atomic E-state index is 11.7. The molecule has 1 aliphatic heterocycles. The minimum atomic E-state index is -0.0252. The summed E-state index contributed by atoms with van der Waals surface area (Å²) < 4.78 is 0. The van der Waals surface area contributed by atoms with Gasteiger partial charge in [-0.1, -0.05) is 13.8 Å². The highest BCUT2D eigenvalue weighted by Crippen LogP contribution is 2.20. The second-order valence-corrected chi connectivity index (χ2v) is 5.79. The molecule has 6 nitrogen and oxygen atoms in total. The zero-order chi connectivity index (χ0) is 14.8. The number of nitrogens with zero attached hydrogens (tertiary/aromatic N) is 4. The first-order chi connectivity index (χ1) is 10.1. The summed E-state index contributed by atoms with van der Waals surface area (Å²) in [6, 6.07) is 2.04. The number of fused-ring (bicyclic) bond motifs is 1. The van der Waals surface area contributed by atoms with Gasteiger partial charge in [0, 0.05) is 23.9 Å². The van der Waals surface area contributed by atoms with Crippen LogP contribution in [0, 0.1) is 5.92 Å². The molecular formula is C15H19N5O. The van der Waals surface area contributed by atoms with Crippen molar-refractivity contribution in [3.05, 3.63) is 46.0 Å². The van der Waals surface area contributed by atoms with E-state index >= 15 is 0 Å². The van der Waals surface area contributed by atoms with E-state index in [1.807, 2.05) is 6.07 Å². The fraction of sp³-hybridized carbons (Fsp3) is 0.467. The highest BCUT2D eigenvalue weighted by molar-refractivity contribution is 5.42. The van der Waals surface area contributed by atoms with Crippen LogP contribution in [0.15, 0.2) is 23.5 Å². The first-order valence-corrected chi connectivity index (χ1v) is 7.25. The Hall–Kier alpha value is -2.24. The summed E-state index contributed by atoms with van der Waals surface area (Å²) in [7, 11) is 0. The van der Waals surface area contributed by atoms with Crippen LogP contribution in [-0.2, 0) is 19.4 Å². The number of nitrogens with one attached hydrogen (secondary N) is 1. The van der Waals surface area contributed by atoms with Crippen LogP contribution < -0.4 is 10.5 Å². The van der Waals surface area contributed by atoms with Crippen LogP contribution in [-0.4, -0.2) is 26.5 Å². The predicted molar refractivity (Wildman–Crippen MR) is 80.2 cm³/mol. The van der Waals surface area contributed by atoms with Crippen molar-refractivity contribution < 1.29 is 0 Å². The van der Waals surface area contributed by atoms with E-state index in [1.165, 1.54) is 6.33 Å². The summed E-state index contributed by atoms with van der Waals surface area (Å²) in [6.07, 6.45) is 4.72. The highest BCUT2D eigenvalue weighted by atomic mass is 16.1. The molecule has 0 unspecified atom stereocenters. The van der Waals surface area contributed by atoms with E-state index in [4.69, 9.17) is 0 Å². The molecule has 0 amide bonds. The van der Waals surface area contributed by atoms with Gasteiger partial charge in [-0.15, -0.1) is 0 Å². The molecule has 0 saturated carbocycles. The fourth-order valence-corrected chi connectivity index (χ4v) is 2.65. The van der Waals surface area contributed by atoms with Gasteiger partial charge in [0.05, 0.1) is 18.6 Å². The SMILES string of the molecule is CC(C)Cc1cc(N2CCc3c(nc[nH]c3=O)C2)ncn1. The van der Waals surface area contributed by atoms with Crippen molar-refractivity contribution in [3.8, 4) is 0 Å². The standard InChI is InChI=1S/C15H19N5O/c1-10(2)5-11-6-14(18-8-16-11)20-4-3-12-13(7-20)17-9-19-15(12)21/h6,8-10H,3-5,7H2,1-2H3,(H,17,19,21). The lowest BCUT2D eigenvalue weighted by Crippen LogP contribution is -2.35. The number of H-pyrrole nitrogens is 1. The fourth-order valence-electron chi connectivity index (χ4n) is 2.65. The van der Waals surface area contributed by atoms with Crippen molar-refractivity contribution >= 4 is 5.82 Å². The Morgan fingerprint density at radius 3 is 3.00 bits per heavy atom. The summed E-state index contributed by atoms with van der Waals surface area (Å²) in [4.78, 5) is 29.5. The average molecular weight is 285 g/mol. The summed E-state index contributed by atoms with van der Waals surface area (Å²) in [6.45, 7) is 5.75. The molecule has 3 rings (SSSR count). The molecule has 0 radical (unpaired) electrons. The molecule has 21 heavy (non-hydrogen) atoms. The number of hydrogen-bond donors (Lipinski definition) is 1. The van der Waals surface area contributed by atoms with Crippen molar-refractivity contribution in [3.63, 3.8) is 0 Å². The molecule has 0 aromatic carbocycles. The molecule has 110 valence electrons. The minimum Gasteiger partial charge on any atom is -0.350 e. The normalized spacial score (nSPS) is 14.3. The summed E-state index contributed by atoms with van der Waals surface area (Å²) in [5.41, 5.74) is 2.67. The zero-order valence-corrected chi connectivity index (χ0v) is 12.3. The third-order valence-corrected chi connectivity index (χ3v) is 3.66. The van der Waals surface area contributed by atoms with Gasteiger partial charge in [0.1, 0.15) is 12.1 Å². The van der Waals surface area contributed by atoms with Gasteiger partial charge >= 0.3 is 0 Å². The Morgan fingerprint density at radius 2 is 2.19 bits per heavy atom. The van der Waals surface area contributed by atoms with Gasteiger partial charge in [0.25, 0.3) is 5.56 Å². The minimum absolute atomic E-state index is 0.0252. The lowest BCUT2D eigenvalue weighted by atomic mass is 10.1. The lowest BCUT2D eigenvalue weighted by Gasteiger charge is -2.28. The molecule has 2 aromatic heterocycles. The van der Waals surface area contributed by atoms with Gasteiger partial charge in [-0.2, -0.15) is 0 Å². The van der Waals surface area contributed by atoms with Crippen LogP contribution in [0.5, 0.6) is 0 Å². The van der Waals surface area contributed by atoms with Gasteiger partial charge in [-0.05, 0) is 18.8 Å². The maximum absolute atomic E-state index is 11.7.